The molecule has 0 saturated heterocycles. The number of thiazole rings is 1. The van der Waals surface area contributed by atoms with Crippen LogP contribution in [-0.2, 0) is 0 Å². The van der Waals surface area contributed by atoms with Crippen LogP contribution in [0.1, 0.15) is 29.1 Å². The maximum Gasteiger partial charge on any atom is 0.247 e. The summed E-state index contributed by atoms with van der Waals surface area (Å²) < 4.78 is 5.22. The number of nitrogens with one attached hydrogen (secondary N) is 1. The van der Waals surface area contributed by atoms with Gasteiger partial charge in [0.2, 0.25) is 12.3 Å². The molecule has 0 aliphatic heterocycles. The number of hydrogen-bond donors (Lipinski definition) is 1. The third kappa shape index (κ3) is 2.80. The number of rotatable bonds is 4. The molecule has 0 bridgehead atoms. The predicted molar refractivity (Wildman–Crippen MR) is 83.4 cm³/mol. The Morgan fingerprint density at radius 1 is 1.29 bits per heavy atom. The SMILES string of the molecule is Cc1cc(-c2nnco2)ccc1NC(C)c1scnc1C. The fourth-order valence-electron chi connectivity index (χ4n) is 2.28. The standard InChI is InChI=1S/C15H16N4OS/c1-9-6-12(15-19-17-7-20-15)4-5-13(9)18-11(3)14-10(2)16-8-21-14/h4-8,11,18H,1-3H3. The summed E-state index contributed by atoms with van der Waals surface area (Å²) in [4.78, 5) is 5.56. The van der Waals surface area contributed by atoms with E-state index in [1.807, 2.05) is 30.6 Å². The number of aromatic nitrogens is 3. The van der Waals surface area contributed by atoms with Gasteiger partial charge in [-0.1, -0.05) is 0 Å². The minimum atomic E-state index is 0.227. The van der Waals surface area contributed by atoms with E-state index < -0.39 is 0 Å². The zero-order valence-electron chi connectivity index (χ0n) is 12.1. The minimum Gasteiger partial charge on any atom is -0.423 e. The topological polar surface area (TPSA) is 63.8 Å². The Morgan fingerprint density at radius 3 is 2.76 bits per heavy atom. The zero-order chi connectivity index (χ0) is 14.8. The lowest BCUT2D eigenvalue weighted by Crippen LogP contribution is -2.07. The van der Waals surface area contributed by atoms with Crippen LogP contribution < -0.4 is 5.32 Å². The van der Waals surface area contributed by atoms with Crippen LogP contribution in [0.15, 0.2) is 34.5 Å². The Hall–Kier alpha value is -2.21. The monoisotopic (exact) mass is 300 g/mol. The summed E-state index contributed by atoms with van der Waals surface area (Å²) in [5, 5.41) is 11.2. The molecule has 21 heavy (non-hydrogen) atoms. The molecule has 0 saturated carbocycles. The van der Waals surface area contributed by atoms with Gasteiger partial charge in [-0.2, -0.15) is 0 Å². The highest BCUT2D eigenvalue weighted by molar-refractivity contribution is 7.09. The van der Waals surface area contributed by atoms with Crippen molar-refractivity contribution in [2.24, 2.45) is 0 Å². The molecule has 0 amide bonds. The van der Waals surface area contributed by atoms with Gasteiger partial charge in [0.1, 0.15) is 0 Å². The van der Waals surface area contributed by atoms with E-state index in [2.05, 4.69) is 34.3 Å². The van der Waals surface area contributed by atoms with Gasteiger partial charge in [0.25, 0.3) is 0 Å². The lowest BCUT2D eigenvalue weighted by molar-refractivity contribution is 0.568. The molecule has 1 aromatic carbocycles. The molecular formula is C15H16N4OS. The van der Waals surface area contributed by atoms with Crippen molar-refractivity contribution in [1.82, 2.24) is 15.2 Å². The first-order chi connectivity index (χ1) is 10.1. The molecule has 3 aromatic rings. The van der Waals surface area contributed by atoms with E-state index in [0.717, 1.165) is 22.5 Å². The Morgan fingerprint density at radius 2 is 2.14 bits per heavy atom. The third-order valence-electron chi connectivity index (χ3n) is 3.38. The average Bonchev–Trinajstić information content (AvgIpc) is 3.12. The summed E-state index contributed by atoms with van der Waals surface area (Å²) in [7, 11) is 0. The minimum absolute atomic E-state index is 0.227. The molecule has 1 N–H and O–H groups in total. The van der Waals surface area contributed by atoms with Crippen molar-refractivity contribution >= 4 is 17.0 Å². The van der Waals surface area contributed by atoms with Gasteiger partial charge in [-0.25, -0.2) is 4.98 Å². The van der Waals surface area contributed by atoms with E-state index in [-0.39, 0.29) is 6.04 Å². The molecule has 108 valence electrons. The smallest absolute Gasteiger partial charge is 0.247 e. The summed E-state index contributed by atoms with van der Waals surface area (Å²) in [6.07, 6.45) is 1.34. The lowest BCUT2D eigenvalue weighted by atomic mass is 10.1. The molecule has 2 aromatic heterocycles. The molecule has 0 fully saturated rings. The highest BCUT2D eigenvalue weighted by Gasteiger charge is 2.13. The second-order valence-corrected chi connectivity index (χ2v) is 5.83. The summed E-state index contributed by atoms with van der Waals surface area (Å²) >= 11 is 1.68. The quantitative estimate of drug-likeness (QED) is 0.789. The van der Waals surface area contributed by atoms with Crippen LogP contribution in [0.5, 0.6) is 0 Å². The highest BCUT2D eigenvalue weighted by atomic mass is 32.1. The molecule has 0 spiro atoms. The van der Waals surface area contributed by atoms with Gasteiger partial charge in [-0.05, 0) is 44.5 Å². The first-order valence-electron chi connectivity index (χ1n) is 6.69. The Bertz CT molecular complexity index is 736. The van der Waals surface area contributed by atoms with Crippen LogP contribution in [0.3, 0.4) is 0 Å². The maximum atomic E-state index is 5.22. The fourth-order valence-corrected chi connectivity index (χ4v) is 3.09. The molecule has 0 radical (unpaired) electrons. The van der Waals surface area contributed by atoms with Gasteiger partial charge < -0.3 is 9.73 Å². The van der Waals surface area contributed by atoms with Gasteiger partial charge in [0.15, 0.2) is 0 Å². The molecule has 6 heteroatoms. The van der Waals surface area contributed by atoms with E-state index in [4.69, 9.17) is 4.42 Å². The van der Waals surface area contributed by atoms with Crippen molar-refractivity contribution in [2.75, 3.05) is 5.32 Å². The summed E-state index contributed by atoms with van der Waals surface area (Å²) in [6.45, 7) is 6.25. The van der Waals surface area contributed by atoms with Crippen molar-refractivity contribution in [1.29, 1.82) is 0 Å². The van der Waals surface area contributed by atoms with Gasteiger partial charge in [0.05, 0.1) is 17.2 Å². The molecule has 5 nitrogen and oxygen atoms in total. The van der Waals surface area contributed by atoms with Crippen molar-refractivity contribution in [2.45, 2.75) is 26.8 Å². The van der Waals surface area contributed by atoms with Crippen LogP contribution in [0.25, 0.3) is 11.5 Å². The fraction of sp³-hybridized carbons (Fsp3) is 0.267. The zero-order valence-corrected chi connectivity index (χ0v) is 12.9. The number of anilines is 1. The molecule has 2 heterocycles. The summed E-state index contributed by atoms with van der Waals surface area (Å²) in [5.74, 6) is 0.538. The third-order valence-corrected chi connectivity index (χ3v) is 4.50. The van der Waals surface area contributed by atoms with Crippen LogP contribution in [0.4, 0.5) is 5.69 Å². The normalized spacial score (nSPS) is 12.3. The highest BCUT2D eigenvalue weighted by Crippen LogP contribution is 2.28. The lowest BCUT2D eigenvalue weighted by Gasteiger charge is -2.16. The van der Waals surface area contributed by atoms with Gasteiger partial charge in [-0.15, -0.1) is 21.5 Å². The van der Waals surface area contributed by atoms with E-state index in [1.165, 1.54) is 11.3 Å². The number of benzene rings is 1. The maximum absolute atomic E-state index is 5.22. The summed E-state index contributed by atoms with van der Waals surface area (Å²) in [6, 6.07) is 6.30. The van der Waals surface area contributed by atoms with Crippen molar-refractivity contribution in [3.8, 4) is 11.5 Å². The largest absolute Gasteiger partial charge is 0.423 e. The van der Waals surface area contributed by atoms with E-state index in [1.54, 1.807) is 11.3 Å². The van der Waals surface area contributed by atoms with E-state index in [9.17, 15) is 0 Å². The summed E-state index contributed by atoms with van der Waals surface area (Å²) in [5.41, 5.74) is 6.13. The van der Waals surface area contributed by atoms with Crippen LogP contribution in [-0.4, -0.2) is 15.2 Å². The Labute approximate surface area is 127 Å². The molecule has 1 unspecified atom stereocenters. The molecule has 3 rings (SSSR count). The number of aryl methyl sites for hydroxylation is 2. The van der Waals surface area contributed by atoms with Crippen LogP contribution in [0, 0.1) is 13.8 Å². The van der Waals surface area contributed by atoms with Crippen molar-refractivity contribution in [3.05, 3.63) is 46.2 Å². The first kappa shape index (κ1) is 13.8. The average molecular weight is 300 g/mol. The second-order valence-electron chi connectivity index (χ2n) is 4.94. The van der Waals surface area contributed by atoms with Gasteiger partial charge in [0, 0.05) is 16.1 Å². The van der Waals surface area contributed by atoms with Crippen LogP contribution in [0.2, 0.25) is 0 Å². The van der Waals surface area contributed by atoms with E-state index >= 15 is 0 Å². The number of hydrogen-bond acceptors (Lipinski definition) is 6. The molecule has 0 aliphatic rings. The van der Waals surface area contributed by atoms with Crippen molar-refractivity contribution in [3.63, 3.8) is 0 Å². The Balaban J connectivity index is 1.82. The van der Waals surface area contributed by atoms with Gasteiger partial charge >= 0.3 is 0 Å². The van der Waals surface area contributed by atoms with E-state index in [0.29, 0.717) is 5.89 Å². The Kier molecular flexibility index (Phi) is 3.70. The van der Waals surface area contributed by atoms with Crippen molar-refractivity contribution < 1.29 is 4.42 Å². The number of nitrogens with zero attached hydrogens (tertiary/aromatic N) is 3. The predicted octanol–water partition coefficient (Wildman–Crippen LogP) is 3.98. The first-order valence-corrected chi connectivity index (χ1v) is 7.57. The second kappa shape index (κ2) is 5.65. The molecule has 0 aliphatic carbocycles. The van der Waals surface area contributed by atoms with Gasteiger partial charge in [-0.3, -0.25) is 0 Å². The molecular weight excluding hydrogens is 284 g/mol. The van der Waals surface area contributed by atoms with Crippen LogP contribution >= 0.6 is 11.3 Å². The molecule has 1 atom stereocenters.